The maximum Gasteiger partial charge on any atom is 0.259 e. The van der Waals surface area contributed by atoms with Gasteiger partial charge in [0.2, 0.25) is 0 Å². The number of amides is 1. The van der Waals surface area contributed by atoms with Gasteiger partial charge in [-0.2, -0.15) is 0 Å². The summed E-state index contributed by atoms with van der Waals surface area (Å²) in [6.07, 6.45) is 0. The number of rotatable bonds is 2. The molecular weight excluding hydrogens is 245 g/mol. The zero-order chi connectivity index (χ0) is 14.0. The Labute approximate surface area is 110 Å². The molecule has 2 rings (SSSR count). The van der Waals surface area contributed by atoms with Gasteiger partial charge in [-0.15, -0.1) is 0 Å². The lowest BCUT2D eigenvalue weighted by Crippen LogP contribution is -2.12. The van der Waals surface area contributed by atoms with Crippen LogP contribution in [0.3, 0.4) is 0 Å². The Morgan fingerprint density at radius 2 is 1.95 bits per heavy atom. The minimum Gasteiger partial charge on any atom is -0.507 e. The van der Waals surface area contributed by atoms with E-state index < -0.39 is 11.7 Å². The minimum absolute atomic E-state index is 0.0619. The second-order valence-corrected chi connectivity index (χ2v) is 4.44. The van der Waals surface area contributed by atoms with Gasteiger partial charge in [-0.05, 0) is 49.2 Å². The maximum absolute atomic E-state index is 13.2. The van der Waals surface area contributed by atoms with E-state index in [0.29, 0.717) is 16.8 Å². The number of aromatic hydroxyl groups is 1. The summed E-state index contributed by atoms with van der Waals surface area (Å²) in [5.74, 6) is -0.942. The number of hydrogen-bond acceptors (Lipinski definition) is 2. The first-order valence-electron chi connectivity index (χ1n) is 5.84. The Bertz CT molecular complexity index is 618. The van der Waals surface area contributed by atoms with Crippen molar-refractivity contribution in [3.63, 3.8) is 0 Å². The van der Waals surface area contributed by atoms with Crippen molar-refractivity contribution in [2.75, 3.05) is 5.32 Å². The number of benzene rings is 2. The number of carbonyl (C=O) groups is 1. The molecule has 0 saturated carbocycles. The molecule has 0 aromatic heterocycles. The van der Waals surface area contributed by atoms with Gasteiger partial charge in [-0.25, -0.2) is 4.39 Å². The normalized spacial score (nSPS) is 10.3. The highest BCUT2D eigenvalue weighted by molar-refractivity contribution is 6.06. The van der Waals surface area contributed by atoms with Crippen LogP contribution in [0.5, 0.6) is 5.75 Å². The molecule has 4 heteroatoms. The number of aryl methyl sites for hydroxylation is 2. The van der Waals surface area contributed by atoms with Crippen molar-refractivity contribution in [1.29, 1.82) is 0 Å². The third kappa shape index (κ3) is 2.91. The number of carbonyl (C=O) groups excluding carboxylic acids is 1. The van der Waals surface area contributed by atoms with E-state index in [1.165, 1.54) is 18.2 Å². The number of phenols is 1. The molecule has 0 aliphatic rings. The molecule has 19 heavy (non-hydrogen) atoms. The molecule has 2 aromatic carbocycles. The molecule has 0 bridgehead atoms. The Morgan fingerprint density at radius 3 is 2.63 bits per heavy atom. The maximum atomic E-state index is 13.2. The fraction of sp³-hybridized carbons (Fsp3) is 0.133. The molecule has 0 radical (unpaired) electrons. The van der Waals surface area contributed by atoms with Gasteiger partial charge in [0.1, 0.15) is 11.6 Å². The van der Waals surface area contributed by atoms with Crippen LogP contribution < -0.4 is 5.32 Å². The van der Waals surface area contributed by atoms with E-state index >= 15 is 0 Å². The van der Waals surface area contributed by atoms with Gasteiger partial charge in [0.05, 0.1) is 5.56 Å². The van der Waals surface area contributed by atoms with Gasteiger partial charge in [0.15, 0.2) is 0 Å². The summed E-state index contributed by atoms with van der Waals surface area (Å²) in [5, 5.41) is 12.4. The van der Waals surface area contributed by atoms with E-state index in [1.807, 2.05) is 0 Å². The first-order chi connectivity index (χ1) is 8.97. The van der Waals surface area contributed by atoms with Crippen LogP contribution in [0.4, 0.5) is 10.1 Å². The smallest absolute Gasteiger partial charge is 0.259 e. The van der Waals surface area contributed by atoms with E-state index in [2.05, 4.69) is 5.32 Å². The standard InChI is InChI=1S/C15H14FNO2/c1-9-6-11(16)8-12(7-9)17-15(19)13-5-3-4-10(2)14(13)18/h3-8,18H,1-2H3,(H,17,19). The zero-order valence-electron chi connectivity index (χ0n) is 10.7. The van der Waals surface area contributed by atoms with Crippen molar-refractivity contribution in [3.8, 4) is 5.75 Å². The van der Waals surface area contributed by atoms with Gasteiger partial charge in [-0.3, -0.25) is 4.79 Å². The van der Waals surface area contributed by atoms with E-state index in [-0.39, 0.29) is 11.3 Å². The molecule has 0 aliphatic carbocycles. The predicted molar refractivity (Wildman–Crippen MR) is 71.9 cm³/mol. The number of para-hydroxylation sites is 1. The number of hydrogen-bond donors (Lipinski definition) is 2. The van der Waals surface area contributed by atoms with Crippen LogP contribution in [-0.2, 0) is 0 Å². The van der Waals surface area contributed by atoms with Crippen molar-refractivity contribution < 1.29 is 14.3 Å². The lowest BCUT2D eigenvalue weighted by atomic mass is 10.1. The molecule has 0 atom stereocenters. The van der Waals surface area contributed by atoms with Crippen molar-refractivity contribution in [2.24, 2.45) is 0 Å². The Balaban J connectivity index is 2.28. The van der Waals surface area contributed by atoms with Crippen molar-refractivity contribution >= 4 is 11.6 Å². The van der Waals surface area contributed by atoms with Gasteiger partial charge < -0.3 is 10.4 Å². The second kappa shape index (κ2) is 5.10. The Morgan fingerprint density at radius 1 is 1.21 bits per heavy atom. The summed E-state index contributed by atoms with van der Waals surface area (Å²) < 4.78 is 13.2. The molecule has 0 saturated heterocycles. The van der Waals surface area contributed by atoms with Gasteiger partial charge >= 0.3 is 0 Å². The fourth-order valence-corrected chi connectivity index (χ4v) is 1.85. The van der Waals surface area contributed by atoms with Crippen molar-refractivity contribution in [2.45, 2.75) is 13.8 Å². The first kappa shape index (κ1) is 13.1. The monoisotopic (exact) mass is 259 g/mol. The lowest BCUT2D eigenvalue weighted by molar-refractivity contribution is 0.102. The first-order valence-corrected chi connectivity index (χ1v) is 5.84. The quantitative estimate of drug-likeness (QED) is 0.868. The summed E-state index contributed by atoms with van der Waals surface area (Å²) in [5.41, 5.74) is 1.86. The van der Waals surface area contributed by atoms with Crippen LogP contribution in [0.25, 0.3) is 0 Å². The highest BCUT2D eigenvalue weighted by Gasteiger charge is 2.13. The van der Waals surface area contributed by atoms with Crippen LogP contribution in [0.1, 0.15) is 21.5 Å². The van der Waals surface area contributed by atoms with Gasteiger partial charge in [-0.1, -0.05) is 12.1 Å². The van der Waals surface area contributed by atoms with E-state index in [1.54, 1.807) is 32.0 Å². The summed E-state index contributed by atoms with van der Waals surface area (Å²) in [6.45, 7) is 3.45. The predicted octanol–water partition coefficient (Wildman–Crippen LogP) is 3.40. The molecule has 0 fully saturated rings. The number of phenolic OH excluding ortho intramolecular Hbond substituents is 1. The lowest BCUT2D eigenvalue weighted by Gasteiger charge is -2.09. The molecule has 2 aromatic rings. The van der Waals surface area contributed by atoms with Crippen molar-refractivity contribution in [1.82, 2.24) is 0 Å². The average molecular weight is 259 g/mol. The largest absolute Gasteiger partial charge is 0.507 e. The number of nitrogens with one attached hydrogen (secondary N) is 1. The molecule has 98 valence electrons. The highest BCUT2D eigenvalue weighted by Crippen LogP contribution is 2.23. The summed E-state index contributed by atoms with van der Waals surface area (Å²) in [4.78, 5) is 12.0. The summed E-state index contributed by atoms with van der Waals surface area (Å²) >= 11 is 0. The van der Waals surface area contributed by atoms with Crippen LogP contribution in [0, 0.1) is 19.7 Å². The number of halogens is 1. The van der Waals surface area contributed by atoms with Crippen LogP contribution in [-0.4, -0.2) is 11.0 Å². The van der Waals surface area contributed by atoms with Crippen LogP contribution in [0.2, 0.25) is 0 Å². The topological polar surface area (TPSA) is 49.3 Å². The molecule has 0 spiro atoms. The summed E-state index contributed by atoms with van der Waals surface area (Å²) in [6, 6.07) is 9.18. The van der Waals surface area contributed by atoms with Crippen LogP contribution >= 0.6 is 0 Å². The van der Waals surface area contributed by atoms with E-state index in [4.69, 9.17) is 0 Å². The molecule has 0 aliphatic heterocycles. The summed E-state index contributed by atoms with van der Waals surface area (Å²) in [7, 11) is 0. The molecule has 0 unspecified atom stereocenters. The third-order valence-electron chi connectivity index (χ3n) is 2.78. The second-order valence-electron chi connectivity index (χ2n) is 4.44. The van der Waals surface area contributed by atoms with Crippen LogP contribution in [0.15, 0.2) is 36.4 Å². The van der Waals surface area contributed by atoms with E-state index in [9.17, 15) is 14.3 Å². The van der Waals surface area contributed by atoms with Crippen molar-refractivity contribution in [3.05, 3.63) is 58.9 Å². The van der Waals surface area contributed by atoms with Gasteiger partial charge in [0, 0.05) is 5.69 Å². The van der Waals surface area contributed by atoms with Gasteiger partial charge in [0.25, 0.3) is 5.91 Å². The fourth-order valence-electron chi connectivity index (χ4n) is 1.85. The molecular formula is C15H14FNO2. The average Bonchev–Trinajstić information content (AvgIpc) is 2.31. The highest BCUT2D eigenvalue weighted by atomic mass is 19.1. The molecule has 0 heterocycles. The Kier molecular flexibility index (Phi) is 3.51. The molecule has 3 nitrogen and oxygen atoms in total. The SMILES string of the molecule is Cc1cc(F)cc(NC(=O)c2cccc(C)c2O)c1. The molecule has 1 amide bonds. The Hall–Kier alpha value is -2.36. The number of anilines is 1. The zero-order valence-corrected chi connectivity index (χ0v) is 10.7. The third-order valence-corrected chi connectivity index (χ3v) is 2.78. The minimum atomic E-state index is -0.466. The van der Waals surface area contributed by atoms with E-state index in [0.717, 1.165) is 0 Å². The molecule has 2 N–H and O–H groups in total.